The van der Waals surface area contributed by atoms with Gasteiger partial charge < -0.3 is 0 Å². The summed E-state index contributed by atoms with van der Waals surface area (Å²) in [5.41, 5.74) is 0. The second kappa shape index (κ2) is 8.09. The van der Waals surface area contributed by atoms with E-state index in [0.29, 0.717) is 0 Å². The first kappa shape index (κ1) is 13.8. The van der Waals surface area contributed by atoms with Crippen molar-refractivity contribution in [2.24, 2.45) is 0 Å². The summed E-state index contributed by atoms with van der Waals surface area (Å²) in [6.07, 6.45) is 5.19. The van der Waals surface area contributed by atoms with Crippen molar-refractivity contribution in [2.75, 3.05) is 0 Å². The Kier molecular flexibility index (Phi) is 7.42. The summed E-state index contributed by atoms with van der Waals surface area (Å²) in [5, 5.41) is 0. The summed E-state index contributed by atoms with van der Waals surface area (Å²) in [6.45, 7) is 11.5. The summed E-state index contributed by atoms with van der Waals surface area (Å²) < 4.78 is 0. The van der Waals surface area contributed by atoms with Gasteiger partial charge in [0.2, 0.25) is 0 Å². The molecule has 84 valence electrons. The van der Waals surface area contributed by atoms with Gasteiger partial charge in [-0.15, -0.1) is 6.58 Å². The fourth-order valence-corrected chi connectivity index (χ4v) is 1.04. The van der Waals surface area contributed by atoms with Crippen LogP contribution < -0.4 is 0 Å². The third-order valence-electron chi connectivity index (χ3n) is 1.71. The topological polar surface area (TPSA) is 38.7 Å². The average molecular weight is 207 g/mol. The number of rotatable bonds is 3. The largest absolute Gasteiger partial charge is 0.219 e. The third-order valence-corrected chi connectivity index (χ3v) is 1.71. The van der Waals surface area contributed by atoms with Crippen LogP contribution in [-0.4, -0.2) is 15.0 Å². The van der Waals surface area contributed by atoms with E-state index in [-0.39, 0.29) is 0 Å². The van der Waals surface area contributed by atoms with Crippen LogP contribution >= 0.6 is 0 Å². The van der Waals surface area contributed by atoms with Crippen molar-refractivity contribution in [1.29, 1.82) is 0 Å². The molecule has 0 aliphatic heterocycles. The SMILES string of the molecule is C=CCCC.CCc1nc(C)nc(C)n1. The summed E-state index contributed by atoms with van der Waals surface area (Å²) in [5.74, 6) is 2.50. The molecule has 0 amide bonds. The zero-order valence-corrected chi connectivity index (χ0v) is 10.2. The number of nitrogens with zero attached hydrogens (tertiary/aromatic N) is 3. The Morgan fingerprint density at radius 3 is 1.87 bits per heavy atom. The molecule has 3 heteroatoms. The lowest BCUT2D eigenvalue weighted by Crippen LogP contribution is -2.00. The van der Waals surface area contributed by atoms with Gasteiger partial charge in [0.25, 0.3) is 0 Å². The van der Waals surface area contributed by atoms with Crippen LogP contribution in [0.3, 0.4) is 0 Å². The summed E-state index contributed by atoms with van der Waals surface area (Å²) >= 11 is 0. The Balaban J connectivity index is 0.000000336. The van der Waals surface area contributed by atoms with Crippen LogP contribution in [0, 0.1) is 13.8 Å². The van der Waals surface area contributed by atoms with Gasteiger partial charge in [-0.1, -0.05) is 26.3 Å². The molecule has 0 saturated heterocycles. The smallest absolute Gasteiger partial charge is 0.132 e. The molecule has 0 saturated carbocycles. The van der Waals surface area contributed by atoms with Crippen molar-refractivity contribution < 1.29 is 0 Å². The Morgan fingerprint density at radius 1 is 1.07 bits per heavy atom. The highest BCUT2D eigenvalue weighted by molar-refractivity contribution is 4.93. The molecule has 3 nitrogen and oxygen atoms in total. The monoisotopic (exact) mass is 207 g/mol. The number of hydrogen-bond donors (Lipinski definition) is 0. The minimum Gasteiger partial charge on any atom is -0.219 e. The number of aryl methyl sites for hydroxylation is 3. The fraction of sp³-hybridized carbons (Fsp3) is 0.583. The van der Waals surface area contributed by atoms with Gasteiger partial charge in [-0.05, 0) is 20.3 Å². The molecule has 1 rings (SSSR count). The highest BCUT2D eigenvalue weighted by Crippen LogP contribution is 1.93. The Hall–Kier alpha value is -1.25. The van der Waals surface area contributed by atoms with Gasteiger partial charge in [-0.3, -0.25) is 0 Å². The van der Waals surface area contributed by atoms with Crippen LogP contribution in [0.2, 0.25) is 0 Å². The molecule has 0 unspecified atom stereocenters. The maximum absolute atomic E-state index is 4.13. The minimum absolute atomic E-state index is 0.810. The van der Waals surface area contributed by atoms with Gasteiger partial charge in [0, 0.05) is 6.42 Å². The van der Waals surface area contributed by atoms with E-state index < -0.39 is 0 Å². The number of unbranched alkanes of at least 4 members (excludes halogenated alkanes) is 1. The fourth-order valence-electron chi connectivity index (χ4n) is 1.04. The Morgan fingerprint density at radius 2 is 1.60 bits per heavy atom. The van der Waals surface area contributed by atoms with Gasteiger partial charge in [-0.2, -0.15) is 0 Å². The number of allylic oxidation sites excluding steroid dienone is 1. The van der Waals surface area contributed by atoms with Crippen LogP contribution in [0.25, 0.3) is 0 Å². The third kappa shape index (κ3) is 6.77. The van der Waals surface area contributed by atoms with Gasteiger partial charge in [0.05, 0.1) is 0 Å². The molecule has 0 fully saturated rings. The summed E-state index contributed by atoms with van der Waals surface area (Å²) in [7, 11) is 0. The maximum Gasteiger partial charge on any atom is 0.132 e. The van der Waals surface area contributed by atoms with Gasteiger partial charge in [0.15, 0.2) is 0 Å². The van der Waals surface area contributed by atoms with E-state index >= 15 is 0 Å². The van der Waals surface area contributed by atoms with Crippen LogP contribution in [0.1, 0.15) is 44.2 Å². The second-order valence-electron chi connectivity index (χ2n) is 3.28. The molecule has 1 aromatic rings. The van der Waals surface area contributed by atoms with Gasteiger partial charge in [0.1, 0.15) is 17.5 Å². The molecule has 15 heavy (non-hydrogen) atoms. The quantitative estimate of drug-likeness (QED) is 0.715. The van der Waals surface area contributed by atoms with E-state index in [0.717, 1.165) is 30.3 Å². The Bertz CT molecular complexity index is 275. The number of hydrogen-bond acceptors (Lipinski definition) is 3. The molecule has 0 N–H and O–H groups in total. The molecule has 0 aliphatic carbocycles. The van der Waals surface area contributed by atoms with Crippen LogP contribution in [0.15, 0.2) is 12.7 Å². The van der Waals surface area contributed by atoms with Gasteiger partial charge in [-0.25, -0.2) is 15.0 Å². The van der Waals surface area contributed by atoms with E-state index in [9.17, 15) is 0 Å². The first-order chi connectivity index (χ1) is 7.13. The molecular weight excluding hydrogens is 186 g/mol. The molecule has 0 aliphatic rings. The lowest BCUT2D eigenvalue weighted by atomic mass is 10.3. The molecule has 0 spiro atoms. The predicted molar refractivity (Wildman–Crippen MR) is 63.8 cm³/mol. The molecule has 0 atom stereocenters. The van der Waals surface area contributed by atoms with E-state index in [4.69, 9.17) is 0 Å². The predicted octanol–water partition coefficient (Wildman–Crippen LogP) is 3.02. The highest BCUT2D eigenvalue weighted by atomic mass is 15.0. The van der Waals surface area contributed by atoms with Crippen LogP contribution in [0.5, 0.6) is 0 Å². The minimum atomic E-state index is 0.810. The van der Waals surface area contributed by atoms with Crippen LogP contribution in [0.4, 0.5) is 0 Å². The van der Waals surface area contributed by atoms with Crippen molar-refractivity contribution in [1.82, 2.24) is 15.0 Å². The van der Waals surface area contributed by atoms with E-state index in [1.54, 1.807) is 0 Å². The van der Waals surface area contributed by atoms with Crippen molar-refractivity contribution in [3.8, 4) is 0 Å². The van der Waals surface area contributed by atoms with Crippen LogP contribution in [-0.2, 0) is 6.42 Å². The number of aromatic nitrogens is 3. The van der Waals surface area contributed by atoms with E-state index in [2.05, 4.69) is 28.5 Å². The van der Waals surface area contributed by atoms with Crippen molar-refractivity contribution in [3.05, 3.63) is 30.1 Å². The lowest BCUT2D eigenvalue weighted by molar-refractivity contribution is 0.830. The molecule has 1 heterocycles. The molecule has 0 bridgehead atoms. The summed E-state index contributed by atoms with van der Waals surface area (Å²) in [4.78, 5) is 12.3. The lowest BCUT2D eigenvalue weighted by Gasteiger charge is -1.97. The molecule has 1 aromatic heterocycles. The average Bonchev–Trinajstić information content (AvgIpc) is 2.18. The molecule has 0 aromatic carbocycles. The second-order valence-corrected chi connectivity index (χ2v) is 3.28. The maximum atomic E-state index is 4.13. The zero-order chi connectivity index (χ0) is 11.7. The van der Waals surface area contributed by atoms with Crippen molar-refractivity contribution in [2.45, 2.75) is 47.0 Å². The summed E-state index contributed by atoms with van der Waals surface area (Å²) in [6, 6.07) is 0. The zero-order valence-electron chi connectivity index (χ0n) is 10.2. The van der Waals surface area contributed by atoms with E-state index in [1.807, 2.05) is 26.8 Å². The highest BCUT2D eigenvalue weighted by Gasteiger charge is 1.95. The first-order valence-electron chi connectivity index (χ1n) is 5.43. The van der Waals surface area contributed by atoms with E-state index in [1.165, 1.54) is 6.42 Å². The van der Waals surface area contributed by atoms with Crippen molar-refractivity contribution >= 4 is 0 Å². The molecule has 0 radical (unpaired) electrons. The van der Waals surface area contributed by atoms with Crippen molar-refractivity contribution in [3.63, 3.8) is 0 Å². The Labute approximate surface area is 92.7 Å². The standard InChI is InChI=1S/C7H11N3.C5H10/c1-4-7-9-5(2)8-6(3)10-7;1-3-5-4-2/h4H2,1-3H3;3H,1,4-5H2,2H3. The normalized spacial score (nSPS) is 9.07. The molecular formula is C12H21N3. The van der Waals surface area contributed by atoms with Gasteiger partial charge >= 0.3 is 0 Å². The first-order valence-corrected chi connectivity index (χ1v) is 5.43.